The van der Waals surface area contributed by atoms with Crippen molar-refractivity contribution in [1.82, 2.24) is 29.5 Å². The van der Waals surface area contributed by atoms with E-state index in [1.807, 2.05) is 62.7 Å². The molecule has 30 heavy (non-hydrogen) atoms. The van der Waals surface area contributed by atoms with Crippen LogP contribution in [0.4, 0.5) is 11.6 Å². The highest BCUT2D eigenvalue weighted by Gasteiger charge is 2.19. The van der Waals surface area contributed by atoms with E-state index in [1.165, 1.54) is 6.33 Å². The molecule has 0 aliphatic carbocycles. The molecule has 4 heterocycles. The van der Waals surface area contributed by atoms with Crippen molar-refractivity contribution in [3.05, 3.63) is 59.1 Å². The highest BCUT2D eigenvalue weighted by Crippen LogP contribution is 2.28. The van der Waals surface area contributed by atoms with Crippen LogP contribution in [0.25, 0.3) is 16.8 Å². The van der Waals surface area contributed by atoms with Crippen LogP contribution in [-0.4, -0.2) is 29.5 Å². The van der Waals surface area contributed by atoms with E-state index in [0.717, 1.165) is 33.7 Å². The first-order valence-electron chi connectivity index (χ1n) is 9.46. The first-order valence-corrected chi connectivity index (χ1v) is 9.46. The number of rotatable bonds is 4. The van der Waals surface area contributed by atoms with E-state index in [0.29, 0.717) is 11.6 Å². The minimum atomic E-state index is -0.332. The van der Waals surface area contributed by atoms with Crippen LogP contribution in [0, 0.1) is 32.1 Å². The number of anilines is 2. The Kier molecular flexibility index (Phi) is 4.75. The van der Waals surface area contributed by atoms with Gasteiger partial charge in [-0.15, -0.1) is 0 Å². The van der Waals surface area contributed by atoms with Crippen molar-refractivity contribution in [1.29, 1.82) is 5.26 Å². The number of hydrogen-bond donors (Lipinski definition) is 2. The summed E-state index contributed by atoms with van der Waals surface area (Å²) >= 11 is 0. The number of pyridine rings is 1. The fourth-order valence-corrected chi connectivity index (χ4v) is 3.44. The van der Waals surface area contributed by atoms with Gasteiger partial charge in [0.15, 0.2) is 5.82 Å². The largest absolute Gasteiger partial charge is 0.382 e. The number of aryl methyl sites for hydroxylation is 3. The summed E-state index contributed by atoms with van der Waals surface area (Å²) in [5.74, 6) is 1.03. The molecule has 0 radical (unpaired) electrons. The summed E-state index contributed by atoms with van der Waals surface area (Å²) in [5.41, 5.74) is 11.7. The molecular formula is C21H21N9. The molecule has 0 saturated carbocycles. The minimum absolute atomic E-state index is 0.128. The minimum Gasteiger partial charge on any atom is -0.382 e. The van der Waals surface area contributed by atoms with Gasteiger partial charge in [0, 0.05) is 23.1 Å². The zero-order chi connectivity index (χ0) is 21.4. The van der Waals surface area contributed by atoms with Gasteiger partial charge in [0.1, 0.15) is 29.6 Å². The SMILES string of the molecule is Cc1cc(-c2nc([C@H](C)Nc3ncnc(N)c3C#N)nn3ccc(C)c23)cc(C)n1. The summed E-state index contributed by atoms with van der Waals surface area (Å²) in [6.07, 6.45) is 3.23. The Labute approximate surface area is 173 Å². The molecule has 4 aromatic rings. The predicted molar refractivity (Wildman–Crippen MR) is 114 cm³/mol. The third-order valence-corrected chi connectivity index (χ3v) is 4.81. The van der Waals surface area contributed by atoms with Gasteiger partial charge in [-0.3, -0.25) is 4.98 Å². The van der Waals surface area contributed by atoms with Gasteiger partial charge in [-0.2, -0.15) is 10.4 Å². The number of nitrogens with two attached hydrogens (primary N) is 1. The normalized spacial score (nSPS) is 12.0. The third-order valence-electron chi connectivity index (χ3n) is 4.81. The summed E-state index contributed by atoms with van der Waals surface area (Å²) in [5, 5.41) is 17.2. The Bertz CT molecular complexity index is 1280. The van der Waals surface area contributed by atoms with Crippen LogP contribution >= 0.6 is 0 Å². The maximum Gasteiger partial charge on any atom is 0.171 e. The van der Waals surface area contributed by atoms with Crippen LogP contribution in [0.3, 0.4) is 0 Å². The van der Waals surface area contributed by atoms with E-state index in [-0.39, 0.29) is 17.4 Å². The lowest BCUT2D eigenvalue weighted by Crippen LogP contribution is -2.16. The summed E-state index contributed by atoms with van der Waals surface area (Å²) in [6, 6.07) is 7.75. The molecule has 9 heteroatoms. The number of hydrogen-bond acceptors (Lipinski definition) is 8. The van der Waals surface area contributed by atoms with Crippen molar-refractivity contribution < 1.29 is 0 Å². The zero-order valence-corrected chi connectivity index (χ0v) is 17.2. The first-order chi connectivity index (χ1) is 14.4. The average Bonchev–Trinajstić information content (AvgIpc) is 3.07. The van der Waals surface area contributed by atoms with Gasteiger partial charge in [-0.25, -0.2) is 19.5 Å². The summed E-state index contributed by atoms with van der Waals surface area (Å²) in [7, 11) is 0. The smallest absolute Gasteiger partial charge is 0.171 e. The highest BCUT2D eigenvalue weighted by atomic mass is 15.3. The second-order valence-electron chi connectivity index (χ2n) is 7.21. The molecule has 150 valence electrons. The van der Waals surface area contributed by atoms with Gasteiger partial charge in [0.2, 0.25) is 0 Å². The van der Waals surface area contributed by atoms with Gasteiger partial charge in [0.05, 0.1) is 17.3 Å². The molecule has 0 bridgehead atoms. The van der Waals surface area contributed by atoms with Crippen molar-refractivity contribution in [2.45, 2.75) is 33.7 Å². The zero-order valence-electron chi connectivity index (χ0n) is 17.2. The maximum absolute atomic E-state index is 9.38. The fraction of sp³-hybridized carbons (Fsp3) is 0.238. The lowest BCUT2D eigenvalue weighted by Gasteiger charge is -2.16. The molecule has 0 aliphatic rings. The standard InChI is InChI=1S/C21H21N9/c1-11-5-6-30-18(11)17(15-7-12(2)26-13(3)8-15)28-20(29-30)14(4)27-21-16(9-22)19(23)24-10-25-21/h5-8,10,14H,1-4H3,(H3,23,24,25,27)/t14-/m0/s1. The van der Waals surface area contributed by atoms with Gasteiger partial charge in [0.25, 0.3) is 0 Å². The Morgan fingerprint density at radius 3 is 2.57 bits per heavy atom. The molecule has 4 aromatic heterocycles. The van der Waals surface area contributed by atoms with E-state index in [9.17, 15) is 5.26 Å². The van der Waals surface area contributed by atoms with Crippen LogP contribution in [0.1, 0.15) is 41.3 Å². The van der Waals surface area contributed by atoms with E-state index in [4.69, 9.17) is 10.7 Å². The Balaban J connectivity index is 1.83. The molecule has 1 atom stereocenters. The van der Waals surface area contributed by atoms with Crippen molar-refractivity contribution in [3.63, 3.8) is 0 Å². The summed E-state index contributed by atoms with van der Waals surface area (Å²) in [6.45, 7) is 7.87. The molecule has 0 aromatic carbocycles. The molecule has 3 N–H and O–H groups in total. The molecule has 9 nitrogen and oxygen atoms in total. The van der Waals surface area contributed by atoms with E-state index >= 15 is 0 Å². The lowest BCUT2D eigenvalue weighted by molar-refractivity contribution is 0.728. The number of aromatic nitrogens is 6. The van der Waals surface area contributed by atoms with E-state index in [2.05, 4.69) is 25.4 Å². The van der Waals surface area contributed by atoms with E-state index in [1.54, 1.807) is 0 Å². The van der Waals surface area contributed by atoms with Gasteiger partial charge in [-0.1, -0.05) is 0 Å². The number of fused-ring (bicyclic) bond motifs is 1. The Hall–Kier alpha value is -4.06. The maximum atomic E-state index is 9.38. The van der Waals surface area contributed by atoms with Crippen LogP contribution in [0.15, 0.2) is 30.7 Å². The summed E-state index contributed by atoms with van der Waals surface area (Å²) < 4.78 is 1.83. The average molecular weight is 399 g/mol. The highest BCUT2D eigenvalue weighted by molar-refractivity contribution is 5.79. The van der Waals surface area contributed by atoms with Crippen LogP contribution in [-0.2, 0) is 0 Å². The van der Waals surface area contributed by atoms with Crippen LogP contribution < -0.4 is 11.1 Å². The fourth-order valence-electron chi connectivity index (χ4n) is 3.44. The molecule has 0 fully saturated rings. The molecule has 0 aliphatic heterocycles. The molecule has 0 amide bonds. The monoisotopic (exact) mass is 399 g/mol. The van der Waals surface area contributed by atoms with Gasteiger partial charge >= 0.3 is 0 Å². The first kappa shape index (κ1) is 19.3. The quantitative estimate of drug-likeness (QED) is 0.535. The van der Waals surface area contributed by atoms with Gasteiger partial charge in [-0.05, 0) is 51.5 Å². The van der Waals surface area contributed by atoms with Crippen LogP contribution in [0.5, 0.6) is 0 Å². The molecule has 0 unspecified atom stereocenters. The van der Waals surface area contributed by atoms with E-state index < -0.39 is 0 Å². The van der Waals surface area contributed by atoms with Crippen LogP contribution in [0.2, 0.25) is 0 Å². The van der Waals surface area contributed by atoms with Crippen molar-refractivity contribution >= 4 is 17.2 Å². The number of nitrogens with zero attached hydrogens (tertiary/aromatic N) is 7. The van der Waals surface area contributed by atoms with Crippen molar-refractivity contribution in [3.8, 4) is 17.3 Å². The van der Waals surface area contributed by atoms with Crippen molar-refractivity contribution in [2.24, 2.45) is 0 Å². The number of nitrogens with one attached hydrogen (secondary N) is 1. The molecule has 0 saturated heterocycles. The van der Waals surface area contributed by atoms with Crippen molar-refractivity contribution in [2.75, 3.05) is 11.1 Å². The lowest BCUT2D eigenvalue weighted by atomic mass is 10.1. The molecular weight excluding hydrogens is 378 g/mol. The topological polar surface area (TPSA) is 131 Å². The Morgan fingerprint density at radius 2 is 1.87 bits per heavy atom. The molecule has 4 rings (SSSR count). The second kappa shape index (κ2) is 7.40. The molecule has 0 spiro atoms. The number of nitriles is 1. The van der Waals surface area contributed by atoms with Gasteiger partial charge < -0.3 is 11.1 Å². The number of nitrogen functional groups attached to an aromatic ring is 1. The predicted octanol–water partition coefficient (Wildman–Crippen LogP) is 3.13. The summed E-state index contributed by atoms with van der Waals surface area (Å²) in [4.78, 5) is 17.4. The Morgan fingerprint density at radius 1 is 1.13 bits per heavy atom. The second-order valence-corrected chi connectivity index (χ2v) is 7.21. The third kappa shape index (κ3) is 3.39.